The third kappa shape index (κ3) is 3.88. The molecule has 0 radical (unpaired) electrons. The minimum absolute atomic E-state index is 0.475. The molecule has 4 aromatic rings. The Labute approximate surface area is 176 Å². The van der Waals surface area contributed by atoms with Crippen molar-refractivity contribution in [3.63, 3.8) is 0 Å². The van der Waals surface area contributed by atoms with Gasteiger partial charge in [-0.15, -0.1) is 0 Å². The molecule has 0 spiro atoms. The van der Waals surface area contributed by atoms with E-state index in [1.54, 1.807) is 6.20 Å². The van der Waals surface area contributed by atoms with Crippen molar-refractivity contribution in [2.24, 2.45) is 0 Å². The Kier molecular flexibility index (Phi) is 5.34. The number of anilines is 1. The monoisotopic (exact) mass is 398 g/mol. The smallest absolute Gasteiger partial charge is 0.181 e. The molecule has 1 fully saturated rings. The van der Waals surface area contributed by atoms with Crippen LogP contribution in [0.25, 0.3) is 16.9 Å². The van der Waals surface area contributed by atoms with Crippen LogP contribution >= 0.6 is 0 Å². The lowest BCUT2D eigenvalue weighted by molar-refractivity contribution is 0.308. The number of imidazole rings is 1. The average Bonchev–Trinajstić information content (AvgIpc) is 3.18. The van der Waals surface area contributed by atoms with Crippen LogP contribution in [0.4, 0.5) is 5.82 Å². The van der Waals surface area contributed by atoms with Crippen LogP contribution in [0.2, 0.25) is 0 Å². The van der Waals surface area contributed by atoms with E-state index in [4.69, 9.17) is 9.72 Å². The molecule has 5 nitrogen and oxygen atoms in total. The van der Waals surface area contributed by atoms with E-state index in [2.05, 4.69) is 39.1 Å². The summed E-state index contributed by atoms with van der Waals surface area (Å²) in [6.07, 6.45) is 12.0. The average molecular weight is 399 g/mol. The SMILES string of the molecule is c1ccc(COc2cccn3c(NC4CCCCC4)c(-c4cccnc4)nc23)cc1. The molecule has 1 aliphatic carbocycles. The highest BCUT2D eigenvalue weighted by atomic mass is 16.5. The standard InChI is InChI=1S/C25H26N4O/c1-3-9-19(10-4-1)18-30-22-14-8-16-29-24(22)28-23(20-11-7-15-26-17-20)25(29)27-21-12-5-2-6-13-21/h1,3-4,7-11,14-17,21,27H,2,5-6,12-13,18H2. The number of hydrogen-bond donors (Lipinski definition) is 1. The van der Waals surface area contributed by atoms with Crippen LogP contribution in [-0.4, -0.2) is 20.4 Å². The second kappa shape index (κ2) is 8.57. The van der Waals surface area contributed by atoms with Crippen molar-refractivity contribution in [3.8, 4) is 17.0 Å². The summed E-state index contributed by atoms with van der Waals surface area (Å²) in [6, 6.07) is 18.7. The van der Waals surface area contributed by atoms with Crippen LogP contribution < -0.4 is 10.1 Å². The second-order valence-corrected chi connectivity index (χ2v) is 7.87. The van der Waals surface area contributed by atoms with Crippen LogP contribution in [0.15, 0.2) is 73.2 Å². The lowest BCUT2D eigenvalue weighted by Gasteiger charge is -2.24. The Morgan fingerprint density at radius 1 is 0.967 bits per heavy atom. The lowest BCUT2D eigenvalue weighted by Crippen LogP contribution is -2.23. The predicted molar refractivity (Wildman–Crippen MR) is 120 cm³/mol. The Morgan fingerprint density at radius 2 is 1.83 bits per heavy atom. The number of fused-ring (bicyclic) bond motifs is 1. The molecule has 5 rings (SSSR count). The molecule has 1 aromatic carbocycles. The Balaban J connectivity index is 1.53. The van der Waals surface area contributed by atoms with Crippen LogP contribution in [0.5, 0.6) is 5.75 Å². The second-order valence-electron chi connectivity index (χ2n) is 7.87. The first-order valence-corrected chi connectivity index (χ1v) is 10.7. The van der Waals surface area contributed by atoms with Gasteiger partial charge in [0.25, 0.3) is 0 Å². The fourth-order valence-corrected chi connectivity index (χ4v) is 4.17. The Morgan fingerprint density at radius 3 is 2.63 bits per heavy atom. The van der Waals surface area contributed by atoms with Gasteiger partial charge in [-0.25, -0.2) is 4.98 Å². The first kappa shape index (κ1) is 18.7. The van der Waals surface area contributed by atoms with E-state index < -0.39 is 0 Å². The van der Waals surface area contributed by atoms with Gasteiger partial charge in [0.15, 0.2) is 11.4 Å². The number of nitrogens with zero attached hydrogens (tertiary/aromatic N) is 3. The minimum Gasteiger partial charge on any atom is -0.485 e. The van der Waals surface area contributed by atoms with Crippen molar-refractivity contribution < 1.29 is 4.74 Å². The quantitative estimate of drug-likeness (QED) is 0.451. The topological polar surface area (TPSA) is 51.5 Å². The van der Waals surface area contributed by atoms with Gasteiger partial charge in [-0.05, 0) is 42.7 Å². The van der Waals surface area contributed by atoms with E-state index in [1.165, 1.54) is 32.1 Å². The predicted octanol–water partition coefficient (Wildman–Crippen LogP) is 5.72. The highest BCUT2D eigenvalue weighted by molar-refractivity contribution is 5.78. The maximum absolute atomic E-state index is 6.17. The molecule has 0 saturated heterocycles. The molecule has 3 aromatic heterocycles. The first-order chi connectivity index (χ1) is 14.9. The molecule has 0 atom stereocenters. The van der Waals surface area contributed by atoms with Gasteiger partial charge in [-0.2, -0.15) is 0 Å². The van der Waals surface area contributed by atoms with Gasteiger partial charge in [0.05, 0.1) is 0 Å². The van der Waals surface area contributed by atoms with Gasteiger partial charge in [-0.1, -0.05) is 49.6 Å². The zero-order valence-corrected chi connectivity index (χ0v) is 17.0. The van der Waals surface area contributed by atoms with Gasteiger partial charge >= 0.3 is 0 Å². The number of hydrogen-bond acceptors (Lipinski definition) is 4. The van der Waals surface area contributed by atoms with Gasteiger partial charge in [0, 0.05) is 30.2 Å². The third-order valence-corrected chi connectivity index (χ3v) is 5.73. The first-order valence-electron chi connectivity index (χ1n) is 10.7. The van der Waals surface area contributed by atoms with E-state index >= 15 is 0 Å². The van der Waals surface area contributed by atoms with E-state index in [-0.39, 0.29) is 0 Å². The van der Waals surface area contributed by atoms with Crippen molar-refractivity contribution >= 4 is 11.5 Å². The maximum atomic E-state index is 6.17. The highest BCUT2D eigenvalue weighted by Gasteiger charge is 2.21. The molecular formula is C25H26N4O. The number of aromatic nitrogens is 3. The molecule has 0 bridgehead atoms. The molecular weight excluding hydrogens is 372 g/mol. The summed E-state index contributed by atoms with van der Waals surface area (Å²) in [6.45, 7) is 0.515. The Hall–Kier alpha value is -3.34. The molecule has 152 valence electrons. The van der Waals surface area contributed by atoms with Crippen molar-refractivity contribution in [2.75, 3.05) is 5.32 Å². The van der Waals surface area contributed by atoms with E-state index in [0.29, 0.717) is 12.6 Å². The normalized spacial score (nSPS) is 14.7. The lowest BCUT2D eigenvalue weighted by atomic mass is 9.95. The summed E-state index contributed by atoms with van der Waals surface area (Å²) in [5, 5.41) is 3.79. The molecule has 0 aliphatic heterocycles. The summed E-state index contributed by atoms with van der Waals surface area (Å²) in [4.78, 5) is 9.31. The van der Waals surface area contributed by atoms with Crippen LogP contribution in [0.1, 0.15) is 37.7 Å². The summed E-state index contributed by atoms with van der Waals surface area (Å²) < 4.78 is 8.30. The molecule has 1 aliphatic rings. The van der Waals surface area contributed by atoms with Crippen LogP contribution in [0, 0.1) is 0 Å². The molecule has 30 heavy (non-hydrogen) atoms. The fourth-order valence-electron chi connectivity index (χ4n) is 4.17. The van der Waals surface area contributed by atoms with Gasteiger partial charge in [-0.3, -0.25) is 9.38 Å². The van der Waals surface area contributed by atoms with E-state index in [9.17, 15) is 0 Å². The maximum Gasteiger partial charge on any atom is 0.181 e. The molecule has 0 unspecified atom stereocenters. The molecule has 1 N–H and O–H groups in total. The zero-order valence-electron chi connectivity index (χ0n) is 17.0. The molecule has 3 heterocycles. The van der Waals surface area contributed by atoms with Gasteiger partial charge < -0.3 is 10.1 Å². The number of ether oxygens (including phenoxy) is 1. The number of benzene rings is 1. The van der Waals surface area contributed by atoms with Gasteiger partial charge in [0.2, 0.25) is 0 Å². The number of pyridine rings is 2. The van der Waals surface area contributed by atoms with E-state index in [1.807, 2.05) is 42.6 Å². The largest absolute Gasteiger partial charge is 0.485 e. The van der Waals surface area contributed by atoms with E-state index in [0.717, 1.165) is 34.0 Å². The summed E-state index contributed by atoms with van der Waals surface area (Å²) in [5.74, 6) is 1.80. The Bertz CT molecular complexity index is 1100. The van der Waals surface area contributed by atoms with Crippen molar-refractivity contribution in [3.05, 3.63) is 78.8 Å². The van der Waals surface area contributed by atoms with Crippen molar-refractivity contribution in [1.82, 2.24) is 14.4 Å². The minimum atomic E-state index is 0.475. The summed E-state index contributed by atoms with van der Waals surface area (Å²) in [5.41, 5.74) is 3.89. The van der Waals surface area contributed by atoms with Crippen LogP contribution in [-0.2, 0) is 6.61 Å². The molecule has 5 heteroatoms. The number of rotatable bonds is 6. The third-order valence-electron chi connectivity index (χ3n) is 5.73. The van der Waals surface area contributed by atoms with Crippen LogP contribution in [0.3, 0.4) is 0 Å². The van der Waals surface area contributed by atoms with Crippen molar-refractivity contribution in [1.29, 1.82) is 0 Å². The summed E-state index contributed by atoms with van der Waals surface area (Å²) >= 11 is 0. The fraction of sp³-hybridized carbons (Fsp3) is 0.280. The molecule has 1 saturated carbocycles. The number of nitrogens with one attached hydrogen (secondary N) is 1. The van der Waals surface area contributed by atoms with Gasteiger partial charge in [0.1, 0.15) is 18.1 Å². The summed E-state index contributed by atoms with van der Waals surface area (Å²) in [7, 11) is 0. The van der Waals surface area contributed by atoms with Crippen molar-refractivity contribution in [2.45, 2.75) is 44.8 Å². The highest BCUT2D eigenvalue weighted by Crippen LogP contribution is 2.34. The zero-order chi connectivity index (χ0) is 20.2. The molecule has 0 amide bonds.